The molecular weight excluding hydrogens is 564 g/mol. The van der Waals surface area contributed by atoms with Gasteiger partial charge in [-0.05, 0) is 31.0 Å². The van der Waals surface area contributed by atoms with Crippen LogP contribution in [0.2, 0.25) is 0 Å². The maximum absolute atomic E-state index is 13.1. The van der Waals surface area contributed by atoms with E-state index in [1.54, 1.807) is 17.8 Å². The molecule has 2 N–H and O–H groups in total. The third-order valence-electron chi connectivity index (χ3n) is 7.59. The summed E-state index contributed by atoms with van der Waals surface area (Å²) in [6.45, 7) is 7.83. The second kappa shape index (κ2) is 14.6. The SMILES string of the molecule is CCCC[C@H](NC(=O)O[C@@H]1CN(C(=O)OCc2cn(-c3ccccc3)nn2)CC1(C)C)C(=O)C(=O)N[C@H](C)c1ccccc1. The highest BCUT2D eigenvalue weighted by atomic mass is 16.6. The zero-order valence-corrected chi connectivity index (χ0v) is 25.6. The molecule has 12 nitrogen and oxygen atoms in total. The maximum atomic E-state index is 13.1. The Bertz CT molecular complexity index is 1430. The number of rotatable bonds is 12. The van der Waals surface area contributed by atoms with Crippen molar-refractivity contribution in [2.45, 2.75) is 71.8 Å². The van der Waals surface area contributed by atoms with E-state index in [0.29, 0.717) is 25.1 Å². The van der Waals surface area contributed by atoms with Gasteiger partial charge < -0.3 is 25.0 Å². The lowest BCUT2D eigenvalue weighted by molar-refractivity contribution is -0.139. The highest BCUT2D eigenvalue weighted by molar-refractivity contribution is 6.38. The summed E-state index contributed by atoms with van der Waals surface area (Å²) in [7, 11) is 0. The Balaban J connectivity index is 1.30. The minimum absolute atomic E-state index is 0.0687. The van der Waals surface area contributed by atoms with Crippen molar-refractivity contribution < 1.29 is 28.7 Å². The van der Waals surface area contributed by atoms with Crippen molar-refractivity contribution in [2.24, 2.45) is 5.41 Å². The fourth-order valence-electron chi connectivity index (χ4n) is 4.97. The maximum Gasteiger partial charge on any atom is 0.410 e. The van der Waals surface area contributed by atoms with Crippen molar-refractivity contribution in [3.63, 3.8) is 0 Å². The van der Waals surface area contributed by atoms with Gasteiger partial charge in [-0.25, -0.2) is 14.3 Å². The number of unbranched alkanes of at least 4 members (excludes halogenated alkanes) is 1. The molecule has 3 aromatic rings. The molecule has 0 spiro atoms. The number of ketones is 1. The number of benzene rings is 2. The third kappa shape index (κ3) is 8.42. The van der Waals surface area contributed by atoms with Crippen molar-refractivity contribution in [3.05, 3.63) is 78.1 Å². The van der Waals surface area contributed by atoms with Crippen LogP contribution in [-0.2, 0) is 25.7 Å². The van der Waals surface area contributed by atoms with Crippen LogP contribution in [0.15, 0.2) is 66.9 Å². The number of nitrogens with zero attached hydrogens (tertiary/aromatic N) is 4. The van der Waals surface area contributed by atoms with Crippen molar-refractivity contribution in [2.75, 3.05) is 13.1 Å². The highest BCUT2D eigenvalue weighted by Crippen LogP contribution is 2.32. The third-order valence-corrected chi connectivity index (χ3v) is 7.59. The molecule has 1 aliphatic heterocycles. The monoisotopic (exact) mass is 604 g/mol. The van der Waals surface area contributed by atoms with Crippen LogP contribution in [0.5, 0.6) is 0 Å². The van der Waals surface area contributed by atoms with Crippen LogP contribution in [0.4, 0.5) is 9.59 Å². The summed E-state index contributed by atoms with van der Waals surface area (Å²) in [6.07, 6.45) is 1.32. The van der Waals surface area contributed by atoms with Crippen LogP contribution in [-0.4, -0.2) is 69.0 Å². The van der Waals surface area contributed by atoms with Crippen molar-refractivity contribution >= 4 is 23.9 Å². The summed E-state index contributed by atoms with van der Waals surface area (Å²) in [5, 5.41) is 13.4. The van der Waals surface area contributed by atoms with Crippen molar-refractivity contribution in [3.8, 4) is 5.69 Å². The number of carbonyl (C=O) groups is 4. The van der Waals surface area contributed by atoms with Crippen molar-refractivity contribution in [1.82, 2.24) is 30.5 Å². The van der Waals surface area contributed by atoms with Gasteiger partial charge in [0.05, 0.1) is 24.5 Å². The zero-order chi connectivity index (χ0) is 31.7. The van der Waals surface area contributed by atoms with E-state index in [-0.39, 0.29) is 19.2 Å². The van der Waals surface area contributed by atoms with Gasteiger partial charge in [-0.3, -0.25) is 9.59 Å². The standard InChI is InChI=1S/C32H40N6O6/c1-5-6-17-26(28(39)29(40)33-22(2)23-13-9-7-10-14-23)34-30(41)44-27-19-37(21-32(27,3)4)31(42)43-20-24-18-38(36-35-24)25-15-11-8-12-16-25/h7-16,18,22,26-27H,5-6,17,19-21H2,1-4H3,(H,33,40)(H,34,41)/t22-,26+,27-/m1/s1. The van der Waals surface area contributed by atoms with E-state index in [2.05, 4.69) is 20.9 Å². The molecule has 12 heteroatoms. The van der Waals surface area contributed by atoms with Crippen LogP contribution in [0.25, 0.3) is 5.69 Å². The number of nitrogens with one attached hydrogen (secondary N) is 2. The lowest BCUT2D eigenvalue weighted by Crippen LogP contribution is -2.49. The summed E-state index contributed by atoms with van der Waals surface area (Å²) in [5.41, 5.74) is 1.59. The second-order valence-corrected chi connectivity index (χ2v) is 11.6. The summed E-state index contributed by atoms with van der Waals surface area (Å²) >= 11 is 0. The van der Waals surface area contributed by atoms with Gasteiger partial charge in [0.15, 0.2) is 0 Å². The van der Waals surface area contributed by atoms with Gasteiger partial charge in [-0.1, -0.05) is 87.4 Å². The van der Waals surface area contributed by atoms with Gasteiger partial charge >= 0.3 is 12.2 Å². The van der Waals surface area contributed by atoms with Crippen LogP contribution in [0, 0.1) is 5.41 Å². The number of para-hydroxylation sites is 1. The summed E-state index contributed by atoms with van der Waals surface area (Å²) in [4.78, 5) is 53.2. The first-order valence-electron chi connectivity index (χ1n) is 14.8. The predicted molar refractivity (Wildman–Crippen MR) is 162 cm³/mol. The zero-order valence-electron chi connectivity index (χ0n) is 25.6. The lowest BCUT2D eigenvalue weighted by Gasteiger charge is -2.26. The van der Waals surface area contributed by atoms with E-state index < -0.39 is 41.4 Å². The topological polar surface area (TPSA) is 145 Å². The average Bonchev–Trinajstić information content (AvgIpc) is 3.62. The predicted octanol–water partition coefficient (Wildman–Crippen LogP) is 4.35. The molecular formula is C32H40N6O6. The Morgan fingerprint density at radius 3 is 2.39 bits per heavy atom. The molecule has 44 heavy (non-hydrogen) atoms. The van der Waals surface area contributed by atoms with E-state index in [4.69, 9.17) is 9.47 Å². The van der Waals surface area contributed by atoms with E-state index in [1.165, 1.54) is 4.90 Å². The van der Waals surface area contributed by atoms with Crippen LogP contribution in [0.3, 0.4) is 0 Å². The summed E-state index contributed by atoms with van der Waals surface area (Å²) in [5.74, 6) is -1.51. The number of alkyl carbamates (subject to hydrolysis) is 1. The fraction of sp³-hybridized carbons (Fsp3) is 0.438. The largest absolute Gasteiger partial charge is 0.444 e. The molecule has 1 aliphatic rings. The molecule has 1 fully saturated rings. The highest BCUT2D eigenvalue weighted by Gasteiger charge is 2.45. The minimum Gasteiger partial charge on any atom is -0.444 e. The van der Waals surface area contributed by atoms with Gasteiger partial charge in [0.25, 0.3) is 5.91 Å². The first-order chi connectivity index (χ1) is 21.1. The molecule has 0 saturated carbocycles. The molecule has 1 aromatic heterocycles. The van der Waals surface area contributed by atoms with Gasteiger partial charge in [0.2, 0.25) is 5.78 Å². The number of ether oxygens (including phenoxy) is 2. The van der Waals surface area contributed by atoms with E-state index in [0.717, 1.165) is 17.7 Å². The normalized spacial score (nSPS) is 16.9. The molecule has 234 valence electrons. The van der Waals surface area contributed by atoms with E-state index in [9.17, 15) is 19.2 Å². The Labute approximate surface area is 257 Å². The molecule has 2 heterocycles. The molecule has 3 amide bonds. The summed E-state index contributed by atoms with van der Waals surface area (Å²) in [6, 6.07) is 17.3. The number of likely N-dealkylation sites (tertiary alicyclic amines) is 1. The van der Waals surface area contributed by atoms with Gasteiger partial charge in [-0.2, -0.15) is 0 Å². The quantitative estimate of drug-likeness (QED) is 0.291. The van der Waals surface area contributed by atoms with Crippen molar-refractivity contribution in [1.29, 1.82) is 0 Å². The Morgan fingerprint density at radius 2 is 1.70 bits per heavy atom. The number of carbonyl (C=O) groups excluding carboxylic acids is 4. The Kier molecular flexibility index (Phi) is 10.7. The minimum atomic E-state index is -1.04. The molecule has 1 saturated heterocycles. The number of hydrogen-bond acceptors (Lipinski definition) is 8. The van der Waals surface area contributed by atoms with Gasteiger partial charge in [-0.15, -0.1) is 5.10 Å². The smallest absolute Gasteiger partial charge is 0.410 e. The molecule has 0 radical (unpaired) electrons. The summed E-state index contributed by atoms with van der Waals surface area (Å²) < 4.78 is 12.8. The average molecular weight is 605 g/mol. The molecule has 4 rings (SSSR count). The number of hydrogen-bond donors (Lipinski definition) is 2. The number of Topliss-reactive ketones (excluding diaryl/α,β-unsaturated/α-hetero) is 1. The fourth-order valence-corrected chi connectivity index (χ4v) is 4.97. The Morgan fingerprint density at radius 1 is 1.02 bits per heavy atom. The van der Waals surface area contributed by atoms with Gasteiger partial charge in [0, 0.05) is 12.0 Å². The first kappa shape index (κ1) is 32.2. The first-order valence-corrected chi connectivity index (χ1v) is 14.8. The van der Waals surface area contributed by atoms with E-state index in [1.807, 2.05) is 81.4 Å². The molecule has 0 bridgehead atoms. The van der Waals surface area contributed by atoms with Gasteiger partial charge in [0.1, 0.15) is 24.4 Å². The Hall–Kier alpha value is -4.74. The second-order valence-electron chi connectivity index (χ2n) is 11.6. The molecule has 2 aromatic carbocycles. The van der Waals surface area contributed by atoms with E-state index >= 15 is 0 Å². The number of aromatic nitrogens is 3. The molecule has 0 unspecified atom stereocenters. The molecule has 0 aliphatic carbocycles. The lowest BCUT2D eigenvalue weighted by atomic mass is 9.90. The number of amides is 3. The van der Waals surface area contributed by atoms with Crippen LogP contribution in [0.1, 0.15) is 64.3 Å². The molecule has 3 atom stereocenters. The van der Waals surface area contributed by atoms with Crippen LogP contribution < -0.4 is 10.6 Å². The van der Waals surface area contributed by atoms with Crippen LogP contribution >= 0.6 is 0 Å².